The van der Waals surface area contributed by atoms with E-state index in [1.165, 1.54) is 18.0 Å². The maximum Gasteiger partial charge on any atom is 0.153 e. The predicted octanol–water partition coefficient (Wildman–Crippen LogP) is 1.80. The van der Waals surface area contributed by atoms with Gasteiger partial charge in [0.05, 0.1) is 16.2 Å². The van der Waals surface area contributed by atoms with E-state index in [1.54, 1.807) is 19.9 Å². The maximum absolute atomic E-state index is 10.8. The van der Waals surface area contributed by atoms with Crippen molar-refractivity contribution in [1.29, 1.82) is 0 Å². The van der Waals surface area contributed by atoms with Gasteiger partial charge in [0.1, 0.15) is 0 Å². The van der Waals surface area contributed by atoms with Crippen LogP contribution in [0.15, 0.2) is 17.3 Å². The van der Waals surface area contributed by atoms with Crippen molar-refractivity contribution < 1.29 is 9.90 Å². The third-order valence-electron chi connectivity index (χ3n) is 1.96. The van der Waals surface area contributed by atoms with Crippen molar-refractivity contribution >= 4 is 23.7 Å². The summed E-state index contributed by atoms with van der Waals surface area (Å²) in [6.45, 7) is 3.79. The Morgan fingerprint density at radius 2 is 2.31 bits per heavy atom. The molecule has 0 amide bonds. The number of rotatable bonds is 5. The zero-order valence-corrected chi connectivity index (χ0v) is 10.5. The summed E-state index contributed by atoms with van der Waals surface area (Å²) in [6, 6.07) is 1.81. The van der Waals surface area contributed by atoms with E-state index in [1.807, 2.05) is 6.26 Å². The Morgan fingerprint density at radius 1 is 1.62 bits per heavy atom. The molecule has 88 valence electrons. The molecule has 0 aliphatic heterocycles. The highest BCUT2D eigenvalue weighted by atomic mass is 32.2. The maximum atomic E-state index is 10.8. The molecule has 0 fully saturated rings. The molecule has 1 heterocycles. The van der Waals surface area contributed by atoms with Crippen molar-refractivity contribution in [3.63, 3.8) is 0 Å². The Morgan fingerprint density at radius 3 is 2.81 bits per heavy atom. The summed E-state index contributed by atoms with van der Waals surface area (Å²) in [5.74, 6) is 0. The molecular formula is C11H16N2O2S. The average Bonchev–Trinajstić information content (AvgIpc) is 2.25. The number of thioether (sulfide) groups is 1. The molecule has 0 saturated heterocycles. The first kappa shape index (κ1) is 13.0. The van der Waals surface area contributed by atoms with Crippen LogP contribution in [0.25, 0.3) is 0 Å². The monoisotopic (exact) mass is 240 g/mol. The second kappa shape index (κ2) is 5.32. The first-order valence-electron chi connectivity index (χ1n) is 4.92. The molecule has 0 aliphatic rings. The van der Waals surface area contributed by atoms with Crippen molar-refractivity contribution in [2.24, 2.45) is 0 Å². The van der Waals surface area contributed by atoms with Crippen LogP contribution in [0.4, 0.5) is 5.69 Å². The number of aldehydes is 1. The molecule has 1 aromatic rings. The van der Waals surface area contributed by atoms with Crippen LogP contribution in [0.3, 0.4) is 0 Å². The van der Waals surface area contributed by atoms with Gasteiger partial charge in [0, 0.05) is 18.4 Å². The van der Waals surface area contributed by atoms with Gasteiger partial charge in [0.2, 0.25) is 0 Å². The van der Waals surface area contributed by atoms with Crippen molar-refractivity contribution in [3.8, 4) is 0 Å². The number of nitrogens with zero attached hydrogens (tertiary/aromatic N) is 1. The number of pyridine rings is 1. The quantitative estimate of drug-likeness (QED) is 0.607. The third kappa shape index (κ3) is 3.83. The lowest BCUT2D eigenvalue weighted by atomic mass is 10.1. The van der Waals surface area contributed by atoms with E-state index < -0.39 is 5.60 Å². The molecule has 1 rings (SSSR count). The Labute approximate surface area is 99.5 Å². The van der Waals surface area contributed by atoms with Gasteiger partial charge >= 0.3 is 0 Å². The fourth-order valence-electron chi connectivity index (χ4n) is 1.12. The summed E-state index contributed by atoms with van der Waals surface area (Å²) in [7, 11) is 0. The zero-order valence-electron chi connectivity index (χ0n) is 9.65. The summed E-state index contributed by atoms with van der Waals surface area (Å²) in [5.41, 5.74) is 0.390. The average molecular weight is 240 g/mol. The second-order valence-electron chi connectivity index (χ2n) is 4.10. The normalized spacial score (nSPS) is 11.2. The summed E-state index contributed by atoms with van der Waals surface area (Å²) in [4.78, 5) is 14.9. The number of carbonyl (C=O) groups is 1. The summed E-state index contributed by atoms with van der Waals surface area (Å²) in [6.07, 6.45) is 4.21. The van der Waals surface area contributed by atoms with Crippen LogP contribution in [-0.2, 0) is 0 Å². The van der Waals surface area contributed by atoms with E-state index in [9.17, 15) is 9.90 Å². The van der Waals surface area contributed by atoms with Crippen LogP contribution in [0.1, 0.15) is 24.2 Å². The summed E-state index contributed by atoms with van der Waals surface area (Å²) >= 11 is 1.51. The molecule has 0 saturated carbocycles. The Bertz CT molecular complexity index is 375. The summed E-state index contributed by atoms with van der Waals surface area (Å²) in [5, 5.41) is 13.5. The van der Waals surface area contributed by atoms with E-state index in [2.05, 4.69) is 10.3 Å². The zero-order chi connectivity index (χ0) is 12.2. The van der Waals surface area contributed by atoms with Crippen LogP contribution >= 0.6 is 11.8 Å². The molecule has 1 aromatic heterocycles. The van der Waals surface area contributed by atoms with Gasteiger partial charge in [0.25, 0.3) is 0 Å². The first-order chi connectivity index (χ1) is 7.46. The smallest absolute Gasteiger partial charge is 0.153 e. The van der Waals surface area contributed by atoms with Gasteiger partial charge in [-0.3, -0.25) is 4.79 Å². The lowest BCUT2D eigenvalue weighted by Crippen LogP contribution is -2.29. The molecule has 4 nitrogen and oxygen atoms in total. The van der Waals surface area contributed by atoms with E-state index in [0.717, 1.165) is 11.3 Å². The Kier molecular flexibility index (Phi) is 4.32. The van der Waals surface area contributed by atoms with Crippen molar-refractivity contribution in [2.45, 2.75) is 24.5 Å². The number of aliphatic hydroxyl groups is 1. The van der Waals surface area contributed by atoms with Gasteiger partial charge in [-0.05, 0) is 26.2 Å². The molecular weight excluding hydrogens is 224 g/mol. The number of nitrogens with one attached hydrogen (secondary N) is 1. The SMILES string of the molecule is CSc1cc(NCC(C)(C)O)c(C=O)cn1. The lowest BCUT2D eigenvalue weighted by molar-refractivity contribution is 0.0943. The van der Waals surface area contributed by atoms with Crippen molar-refractivity contribution in [1.82, 2.24) is 4.98 Å². The van der Waals surface area contributed by atoms with E-state index in [-0.39, 0.29) is 0 Å². The van der Waals surface area contributed by atoms with Gasteiger partial charge in [0.15, 0.2) is 6.29 Å². The molecule has 0 bridgehead atoms. The minimum atomic E-state index is -0.817. The standard InChI is InChI=1S/C11H16N2O2S/c1-11(2,15)7-13-9-4-10(16-3)12-5-8(9)6-14/h4-6,15H,7H2,1-3H3,(H,12,13). The fourth-order valence-corrected chi connectivity index (χ4v) is 1.51. The van der Waals surface area contributed by atoms with Gasteiger partial charge in [-0.2, -0.15) is 0 Å². The minimum Gasteiger partial charge on any atom is -0.389 e. The highest BCUT2D eigenvalue weighted by molar-refractivity contribution is 7.98. The topological polar surface area (TPSA) is 62.2 Å². The van der Waals surface area contributed by atoms with Gasteiger partial charge in [-0.25, -0.2) is 4.98 Å². The number of hydrogen-bond donors (Lipinski definition) is 2. The van der Waals surface area contributed by atoms with Gasteiger partial charge < -0.3 is 10.4 Å². The van der Waals surface area contributed by atoms with E-state index in [4.69, 9.17) is 0 Å². The van der Waals surface area contributed by atoms with Crippen LogP contribution < -0.4 is 5.32 Å². The minimum absolute atomic E-state index is 0.381. The fraction of sp³-hybridized carbons (Fsp3) is 0.455. The third-order valence-corrected chi connectivity index (χ3v) is 2.60. The van der Waals surface area contributed by atoms with Crippen LogP contribution in [0.5, 0.6) is 0 Å². The predicted molar refractivity (Wildman–Crippen MR) is 66.2 cm³/mol. The molecule has 0 radical (unpaired) electrons. The molecule has 0 aliphatic carbocycles. The Hall–Kier alpha value is -1.07. The second-order valence-corrected chi connectivity index (χ2v) is 4.92. The highest BCUT2D eigenvalue weighted by Gasteiger charge is 2.13. The van der Waals surface area contributed by atoms with Gasteiger partial charge in [-0.1, -0.05) is 0 Å². The molecule has 0 spiro atoms. The molecule has 5 heteroatoms. The summed E-state index contributed by atoms with van der Waals surface area (Å²) < 4.78 is 0. The van der Waals surface area contributed by atoms with E-state index >= 15 is 0 Å². The highest BCUT2D eigenvalue weighted by Crippen LogP contribution is 2.20. The van der Waals surface area contributed by atoms with Crippen LogP contribution in [-0.4, -0.2) is 34.8 Å². The Balaban J connectivity index is 2.87. The molecule has 2 N–H and O–H groups in total. The number of anilines is 1. The largest absolute Gasteiger partial charge is 0.389 e. The van der Waals surface area contributed by atoms with Crippen LogP contribution in [0.2, 0.25) is 0 Å². The molecule has 0 unspecified atom stereocenters. The molecule has 16 heavy (non-hydrogen) atoms. The number of aromatic nitrogens is 1. The molecule has 0 atom stereocenters. The number of carbonyl (C=O) groups excluding carboxylic acids is 1. The molecule has 0 aromatic carbocycles. The number of hydrogen-bond acceptors (Lipinski definition) is 5. The van der Waals surface area contributed by atoms with Gasteiger partial charge in [-0.15, -0.1) is 11.8 Å². The van der Waals surface area contributed by atoms with E-state index in [0.29, 0.717) is 17.8 Å². The van der Waals surface area contributed by atoms with Crippen molar-refractivity contribution in [2.75, 3.05) is 18.1 Å². The first-order valence-corrected chi connectivity index (χ1v) is 6.14. The van der Waals surface area contributed by atoms with Crippen molar-refractivity contribution in [3.05, 3.63) is 17.8 Å². The lowest BCUT2D eigenvalue weighted by Gasteiger charge is -2.19. The van der Waals surface area contributed by atoms with Crippen LogP contribution in [0, 0.1) is 0 Å².